The number of hydrogen-bond acceptors (Lipinski definition) is 11. The summed E-state index contributed by atoms with van der Waals surface area (Å²) in [6.45, 7) is 4.36. The van der Waals surface area contributed by atoms with Crippen LogP contribution < -0.4 is 37.6 Å². The van der Waals surface area contributed by atoms with Crippen molar-refractivity contribution in [3.8, 4) is 0 Å². The van der Waals surface area contributed by atoms with Crippen LogP contribution >= 0.6 is 0 Å². The third-order valence-electron chi connectivity index (χ3n) is 11.0. The van der Waals surface area contributed by atoms with E-state index in [0.29, 0.717) is 31.4 Å². The highest BCUT2D eigenvalue weighted by Crippen LogP contribution is 2.23. The molecule has 334 valence electrons. The Labute approximate surface area is 354 Å². The molecule has 20 heteroatoms. The Morgan fingerprint density at radius 2 is 1.36 bits per heavy atom. The number of hydrogen-bond donors (Lipinski definition) is 8. The minimum absolute atomic E-state index is 0.0202. The van der Waals surface area contributed by atoms with Gasteiger partial charge in [-0.2, -0.15) is 0 Å². The second-order valence-corrected chi connectivity index (χ2v) is 16.1. The summed E-state index contributed by atoms with van der Waals surface area (Å²) in [5, 5.41) is 25.9. The number of nitrogens with one attached hydrogen (secondary N) is 6. The molecule has 3 saturated heterocycles. The highest BCUT2D eigenvalue weighted by atomic mass is 16.4. The van der Waals surface area contributed by atoms with Crippen LogP contribution in [0.4, 0.5) is 0 Å². The SMILES string of the molecule is CC(C)C[C@H](NC(=O)[C@H](CCNC(=O)C=O)NC(=O)[C@@H]1CCCN1C(=O)[C@H](CCC(N)=O)NC(=O)[C@@H]1CCCN1)C(=O)N1CCC[C@H]1C(=O)N[C@@H](Cc1ccccc1)C(=O)O. The first-order valence-electron chi connectivity index (χ1n) is 20.9. The van der Waals surface area contributed by atoms with Gasteiger partial charge >= 0.3 is 5.97 Å². The Kier molecular flexibility index (Phi) is 18.1. The van der Waals surface area contributed by atoms with Crippen molar-refractivity contribution in [3.05, 3.63) is 35.9 Å². The summed E-state index contributed by atoms with van der Waals surface area (Å²) < 4.78 is 0. The van der Waals surface area contributed by atoms with Gasteiger partial charge in [-0.1, -0.05) is 44.2 Å². The van der Waals surface area contributed by atoms with Gasteiger partial charge in [-0.15, -0.1) is 0 Å². The number of benzene rings is 1. The fraction of sp³-hybridized carbons (Fsp3) is 0.610. The van der Waals surface area contributed by atoms with Gasteiger partial charge in [-0.3, -0.25) is 43.2 Å². The number of likely N-dealkylation sites (tertiary alicyclic amines) is 2. The van der Waals surface area contributed by atoms with Gasteiger partial charge < -0.3 is 52.5 Å². The summed E-state index contributed by atoms with van der Waals surface area (Å²) in [4.78, 5) is 132. The molecule has 0 bridgehead atoms. The predicted molar refractivity (Wildman–Crippen MR) is 218 cm³/mol. The van der Waals surface area contributed by atoms with Gasteiger partial charge in [0.25, 0.3) is 5.91 Å². The van der Waals surface area contributed by atoms with E-state index in [9.17, 15) is 53.1 Å². The second kappa shape index (κ2) is 23.2. The maximum Gasteiger partial charge on any atom is 0.326 e. The largest absolute Gasteiger partial charge is 0.480 e. The molecular weight excluding hydrogens is 795 g/mol. The first-order chi connectivity index (χ1) is 29.1. The van der Waals surface area contributed by atoms with E-state index in [2.05, 4.69) is 31.9 Å². The number of nitrogens with two attached hydrogens (primary N) is 1. The van der Waals surface area contributed by atoms with Gasteiger partial charge in [0.2, 0.25) is 47.6 Å². The van der Waals surface area contributed by atoms with Gasteiger partial charge in [0.15, 0.2) is 0 Å². The lowest BCUT2D eigenvalue weighted by Crippen LogP contribution is -2.60. The summed E-state index contributed by atoms with van der Waals surface area (Å²) in [7, 11) is 0. The molecule has 3 aliphatic rings. The molecule has 4 rings (SSSR count). The van der Waals surface area contributed by atoms with Crippen LogP contribution in [0.2, 0.25) is 0 Å². The number of carboxylic acid groups (broad SMARTS) is 1. The number of rotatable bonds is 22. The van der Waals surface area contributed by atoms with Crippen LogP contribution in [-0.4, -0.2) is 143 Å². The van der Waals surface area contributed by atoms with Gasteiger partial charge in [0.05, 0.1) is 6.04 Å². The smallest absolute Gasteiger partial charge is 0.326 e. The molecule has 0 spiro atoms. The lowest BCUT2D eigenvalue weighted by atomic mass is 10.0. The van der Waals surface area contributed by atoms with E-state index < -0.39 is 95.5 Å². The number of carboxylic acids is 1. The van der Waals surface area contributed by atoms with Crippen LogP contribution in [0, 0.1) is 5.92 Å². The van der Waals surface area contributed by atoms with Crippen molar-refractivity contribution in [2.75, 3.05) is 26.2 Å². The Bertz CT molecular complexity index is 1770. The van der Waals surface area contributed by atoms with Gasteiger partial charge in [0.1, 0.15) is 36.3 Å². The summed E-state index contributed by atoms with van der Waals surface area (Å²) in [6, 6.07) is 1.16. The third-order valence-corrected chi connectivity index (χ3v) is 11.0. The summed E-state index contributed by atoms with van der Waals surface area (Å²) in [5.74, 6) is -6.83. The molecule has 8 amide bonds. The van der Waals surface area contributed by atoms with E-state index >= 15 is 0 Å². The lowest BCUT2D eigenvalue weighted by molar-refractivity contribution is -0.145. The van der Waals surface area contributed by atoms with E-state index in [-0.39, 0.29) is 76.8 Å². The van der Waals surface area contributed by atoms with E-state index in [0.717, 1.165) is 6.42 Å². The highest BCUT2D eigenvalue weighted by Gasteiger charge is 2.42. The molecule has 7 atom stereocenters. The molecule has 0 aromatic heterocycles. The number of carbonyl (C=O) groups is 10. The lowest BCUT2D eigenvalue weighted by Gasteiger charge is -2.32. The highest BCUT2D eigenvalue weighted by molar-refractivity contribution is 6.23. The van der Waals surface area contributed by atoms with Gasteiger partial charge in [0, 0.05) is 32.5 Å². The Hall–Kier alpha value is -5.92. The molecule has 0 radical (unpaired) electrons. The van der Waals surface area contributed by atoms with Crippen molar-refractivity contribution in [1.82, 2.24) is 41.7 Å². The Morgan fingerprint density at radius 3 is 1.90 bits per heavy atom. The number of aldehydes is 1. The van der Waals surface area contributed by atoms with E-state index in [1.807, 2.05) is 13.8 Å². The first kappa shape index (κ1) is 47.8. The molecular formula is C41H59N9O11. The second-order valence-electron chi connectivity index (χ2n) is 16.1. The third kappa shape index (κ3) is 14.1. The van der Waals surface area contributed by atoms with E-state index in [1.54, 1.807) is 30.3 Å². The molecule has 61 heavy (non-hydrogen) atoms. The number of carbonyl (C=O) groups excluding carboxylic acids is 9. The number of primary amides is 1. The molecule has 0 aliphatic carbocycles. The Morgan fingerprint density at radius 1 is 0.770 bits per heavy atom. The summed E-state index contributed by atoms with van der Waals surface area (Å²) in [5.41, 5.74) is 6.06. The quantitative estimate of drug-likeness (QED) is 0.0465. The van der Waals surface area contributed by atoms with Crippen molar-refractivity contribution >= 4 is 59.5 Å². The van der Waals surface area contributed by atoms with E-state index in [4.69, 9.17) is 5.73 Å². The molecule has 3 heterocycles. The molecule has 9 N–H and O–H groups in total. The summed E-state index contributed by atoms with van der Waals surface area (Å²) in [6.07, 6.45) is 2.32. The average Bonchev–Trinajstić information content (AvgIpc) is 4.04. The standard InChI is InChI=1S/C41H59N9O11/c1-24(2)21-29(40(59)50-20-8-13-32(50)38(57)48-30(41(60)61)22-25-9-4-3-5-10-25)47-36(55)27(16-18-44-34(53)23-51)45-37(56)31-12-7-19-49(31)39(58)28(14-15-33(42)52)46-35(54)26-11-6-17-43-26/h3-5,9-10,23-24,26-32,43H,6-8,11-22H2,1-2H3,(H2,42,52)(H,44,53)(H,45,56)(H,46,54)(H,47,55)(H,48,57)(H,60,61)/t26-,27-,28-,29-,30-,31-,32-/m0/s1. The fourth-order valence-electron chi connectivity index (χ4n) is 7.93. The number of amides is 8. The van der Waals surface area contributed by atoms with Crippen LogP contribution in [0.3, 0.4) is 0 Å². The fourth-order valence-corrected chi connectivity index (χ4v) is 7.93. The van der Waals surface area contributed by atoms with Crippen molar-refractivity contribution in [1.29, 1.82) is 0 Å². The maximum atomic E-state index is 14.2. The van der Waals surface area contributed by atoms with Gasteiger partial charge in [-0.05, 0) is 75.8 Å². The number of nitrogens with zero attached hydrogens (tertiary/aromatic N) is 2. The molecule has 3 aliphatic heterocycles. The Balaban J connectivity index is 1.50. The predicted octanol–water partition coefficient (Wildman–Crippen LogP) is -2.00. The zero-order valence-electron chi connectivity index (χ0n) is 34.7. The zero-order valence-corrected chi connectivity index (χ0v) is 34.7. The number of aliphatic carboxylic acids is 1. The van der Waals surface area contributed by atoms with Crippen molar-refractivity contribution < 1.29 is 53.1 Å². The topological polar surface area (TPSA) is 296 Å². The van der Waals surface area contributed by atoms with Crippen molar-refractivity contribution in [2.24, 2.45) is 11.7 Å². The first-order valence-corrected chi connectivity index (χ1v) is 20.9. The van der Waals surface area contributed by atoms with Crippen LogP contribution in [0.5, 0.6) is 0 Å². The molecule has 1 aromatic carbocycles. The normalized spacial score (nSPS) is 20.5. The summed E-state index contributed by atoms with van der Waals surface area (Å²) >= 11 is 0. The molecule has 0 saturated carbocycles. The van der Waals surface area contributed by atoms with Crippen LogP contribution in [0.1, 0.15) is 83.6 Å². The van der Waals surface area contributed by atoms with E-state index in [1.165, 1.54) is 9.80 Å². The van der Waals surface area contributed by atoms with Crippen molar-refractivity contribution in [2.45, 2.75) is 127 Å². The molecule has 0 unspecified atom stereocenters. The van der Waals surface area contributed by atoms with Gasteiger partial charge in [-0.25, -0.2) is 4.79 Å². The molecule has 3 fully saturated rings. The van der Waals surface area contributed by atoms with Crippen LogP contribution in [-0.2, 0) is 54.4 Å². The van der Waals surface area contributed by atoms with Crippen LogP contribution in [0.15, 0.2) is 30.3 Å². The van der Waals surface area contributed by atoms with Crippen molar-refractivity contribution in [3.63, 3.8) is 0 Å². The minimum atomic E-state index is -1.38. The molecule has 1 aromatic rings. The minimum Gasteiger partial charge on any atom is -0.480 e. The average molecular weight is 854 g/mol. The maximum absolute atomic E-state index is 14.2. The molecule has 20 nitrogen and oxygen atoms in total. The monoisotopic (exact) mass is 853 g/mol. The zero-order chi connectivity index (χ0) is 44.6. The van der Waals surface area contributed by atoms with Crippen LogP contribution in [0.25, 0.3) is 0 Å².